The van der Waals surface area contributed by atoms with E-state index in [2.05, 4.69) is 45.3 Å². The molecule has 1 amide bonds. The molecule has 0 atom stereocenters. The van der Waals surface area contributed by atoms with E-state index in [0.717, 1.165) is 45.0 Å². The van der Waals surface area contributed by atoms with Gasteiger partial charge in [0, 0.05) is 44.5 Å². The molecule has 1 aliphatic rings. The summed E-state index contributed by atoms with van der Waals surface area (Å²) >= 11 is 1.77. The molecule has 0 fully saturated rings. The van der Waals surface area contributed by atoms with Gasteiger partial charge in [0.1, 0.15) is 0 Å². The smallest absolute Gasteiger partial charge is 0.223 e. The standard InChI is InChI=1S/C20H26N4OS.HI/c1-21-20(23-12-10-18-8-5-13-26-18)22-11-4-9-19(25)24-14-16-6-2-3-7-17(16)15-24;/h2-3,5-8,13H,4,9-12,14-15H2,1H3,(H2,21,22,23);1H. The largest absolute Gasteiger partial charge is 0.356 e. The van der Waals surface area contributed by atoms with Crippen LogP contribution in [0.25, 0.3) is 0 Å². The van der Waals surface area contributed by atoms with Crippen LogP contribution in [0.4, 0.5) is 0 Å². The Morgan fingerprint density at radius 2 is 1.81 bits per heavy atom. The first-order valence-electron chi connectivity index (χ1n) is 9.07. The maximum absolute atomic E-state index is 12.4. The summed E-state index contributed by atoms with van der Waals surface area (Å²) in [7, 11) is 1.77. The van der Waals surface area contributed by atoms with Gasteiger partial charge in [-0.3, -0.25) is 9.79 Å². The number of carbonyl (C=O) groups is 1. The lowest BCUT2D eigenvalue weighted by molar-refractivity contribution is -0.131. The minimum Gasteiger partial charge on any atom is -0.356 e. The second-order valence-corrected chi connectivity index (χ2v) is 7.41. The zero-order valence-electron chi connectivity index (χ0n) is 15.6. The minimum absolute atomic E-state index is 0. The molecule has 2 aromatic rings. The van der Waals surface area contributed by atoms with Crippen LogP contribution in [-0.4, -0.2) is 36.9 Å². The van der Waals surface area contributed by atoms with Crippen LogP contribution in [0.3, 0.4) is 0 Å². The Bertz CT molecular complexity index is 723. The molecule has 1 aliphatic heterocycles. The normalized spacial score (nSPS) is 13.1. The first-order chi connectivity index (χ1) is 12.8. The number of fused-ring (bicyclic) bond motifs is 1. The molecule has 2 N–H and O–H groups in total. The molecular formula is C20H27IN4OS. The minimum atomic E-state index is 0. The average Bonchev–Trinajstić information content (AvgIpc) is 3.32. The van der Waals surface area contributed by atoms with Gasteiger partial charge in [-0.05, 0) is 35.4 Å². The van der Waals surface area contributed by atoms with Crippen LogP contribution in [0.15, 0.2) is 46.8 Å². The lowest BCUT2D eigenvalue weighted by Crippen LogP contribution is -2.39. The van der Waals surface area contributed by atoms with Crippen molar-refractivity contribution < 1.29 is 4.79 Å². The second-order valence-electron chi connectivity index (χ2n) is 6.38. The molecule has 0 aliphatic carbocycles. The van der Waals surface area contributed by atoms with E-state index < -0.39 is 0 Å². The summed E-state index contributed by atoms with van der Waals surface area (Å²) in [4.78, 5) is 19.9. The number of aliphatic imine (C=N–C) groups is 1. The van der Waals surface area contributed by atoms with Crippen LogP contribution < -0.4 is 10.6 Å². The van der Waals surface area contributed by atoms with Crippen molar-refractivity contribution in [2.24, 2.45) is 4.99 Å². The summed E-state index contributed by atoms with van der Waals surface area (Å²) < 4.78 is 0. The Hall–Kier alpha value is -1.61. The topological polar surface area (TPSA) is 56.7 Å². The highest BCUT2D eigenvalue weighted by atomic mass is 127. The third-order valence-electron chi connectivity index (χ3n) is 4.52. The van der Waals surface area contributed by atoms with Gasteiger partial charge in [-0.2, -0.15) is 0 Å². The Morgan fingerprint density at radius 3 is 2.44 bits per heavy atom. The van der Waals surface area contributed by atoms with Crippen molar-refractivity contribution in [3.8, 4) is 0 Å². The number of nitrogens with zero attached hydrogens (tertiary/aromatic N) is 2. The van der Waals surface area contributed by atoms with Gasteiger partial charge in [0.2, 0.25) is 5.91 Å². The highest BCUT2D eigenvalue weighted by Gasteiger charge is 2.22. The van der Waals surface area contributed by atoms with Crippen molar-refractivity contribution in [2.45, 2.75) is 32.4 Å². The summed E-state index contributed by atoms with van der Waals surface area (Å²) in [5, 5.41) is 8.69. The third kappa shape index (κ3) is 6.49. The zero-order chi connectivity index (χ0) is 18.2. The fourth-order valence-corrected chi connectivity index (χ4v) is 3.80. The number of hydrogen-bond acceptors (Lipinski definition) is 3. The van der Waals surface area contributed by atoms with Crippen LogP contribution >= 0.6 is 35.3 Å². The lowest BCUT2D eigenvalue weighted by atomic mass is 10.1. The maximum atomic E-state index is 12.4. The maximum Gasteiger partial charge on any atom is 0.223 e. The van der Waals surface area contributed by atoms with E-state index in [0.29, 0.717) is 6.42 Å². The molecule has 7 heteroatoms. The lowest BCUT2D eigenvalue weighted by Gasteiger charge is -2.16. The van der Waals surface area contributed by atoms with Crippen molar-refractivity contribution in [2.75, 3.05) is 20.1 Å². The van der Waals surface area contributed by atoms with Crippen LogP contribution in [-0.2, 0) is 24.3 Å². The summed E-state index contributed by atoms with van der Waals surface area (Å²) in [6, 6.07) is 12.5. The molecular weight excluding hydrogens is 471 g/mol. The van der Waals surface area contributed by atoms with Crippen molar-refractivity contribution >= 4 is 47.2 Å². The number of rotatable bonds is 7. The number of hydrogen-bond donors (Lipinski definition) is 2. The number of carbonyl (C=O) groups excluding carboxylic acids is 1. The van der Waals surface area contributed by atoms with Crippen molar-refractivity contribution in [1.82, 2.24) is 15.5 Å². The number of nitrogens with one attached hydrogen (secondary N) is 2. The van der Waals surface area contributed by atoms with Gasteiger partial charge >= 0.3 is 0 Å². The number of thiophene rings is 1. The molecule has 5 nitrogen and oxygen atoms in total. The summed E-state index contributed by atoms with van der Waals surface area (Å²) in [6.45, 7) is 3.08. The SMILES string of the molecule is CN=C(NCCCC(=O)N1Cc2ccccc2C1)NCCc1cccs1.I. The predicted molar refractivity (Wildman–Crippen MR) is 123 cm³/mol. The van der Waals surface area contributed by atoms with E-state index in [1.807, 2.05) is 17.0 Å². The first-order valence-corrected chi connectivity index (χ1v) is 9.95. The van der Waals surface area contributed by atoms with Gasteiger partial charge in [-0.1, -0.05) is 30.3 Å². The van der Waals surface area contributed by atoms with E-state index in [-0.39, 0.29) is 29.9 Å². The second kappa shape index (κ2) is 11.3. The Kier molecular flexibility index (Phi) is 9.06. The van der Waals surface area contributed by atoms with Gasteiger partial charge < -0.3 is 15.5 Å². The van der Waals surface area contributed by atoms with E-state index in [9.17, 15) is 4.79 Å². The number of halogens is 1. The molecule has 3 rings (SSSR count). The van der Waals surface area contributed by atoms with Gasteiger partial charge in [-0.25, -0.2) is 0 Å². The molecule has 1 aromatic heterocycles. The third-order valence-corrected chi connectivity index (χ3v) is 5.46. The summed E-state index contributed by atoms with van der Waals surface area (Å²) in [5.41, 5.74) is 2.55. The van der Waals surface area contributed by atoms with E-state index in [4.69, 9.17) is 0 Å². The first kappa shape index (κ1) is 21.7. The Balaban J connectivity index is 0.00000261. The molecule has 1 aromatic carbocycles. The molecule has 0 radical (unpaired) electrons. The van der Waals surface area contributed by atoms with Crippen LogP contribution in [0, 0.1) is 0 Å². The molecule has 0 bridgehead atoms. The van der Waals surface area contributed by atoms with Crippen LogP contribution in [0.1, 0.15) is 28.8 Å². The van der Waals surface area contributed by atoms with Crippen LogP contribution in [0.2, 0.25) is 0 Å². The van der Waals surface area contributed by atoms with Crippen LogP contribution in [0.5, 0.6) is 0 Å². The average molecular weight is 498 g/mol. The molecule has 0 unspecified atom stereocenters. The predicted octanol–water partition coefficient (Wildman–Crippen LogP) is 3.40. The molecule has 0 saturated heterocycles. The van der Waals surface area contributed by atoms with E-state index >= 15 is 0 Å². The van der Waals surface area contributed by atoms with Gasteiger partial charge in [0.25, 0.3) is 0 Å². The van der Waals surface area contributed by atoms with Gasteiger partial charge in [0.05, 0.1) is 0 Å². The van der Waals surface area contributed by atoms with Gasteiger partial charge in [0.15, 0.2) is 5.96 Å². The molecule has 146 valence electrons. The fraction of sp³-hybridized carbons (Fsp3) is 0.400. The quantitative estimate of drug-likeness (QED) is 0.266. The number of amides is 1. The van der Waals surface area contributed by atoms with E-state index in [1.54, 1.807) is 18.4 Å². The van der Waals surface area contributed by atoms with Crippen molar-refractivity contribution in [3.05, 3.63) is 57.8 Å². The van der Waals surface area contributed by atoms with Crippen molar-refractivity contribution in [3.63, 3.8) is 0 Å². The van der Waals surface area contributed by atoms with E-state index in [1.165, 1.54) is 16.0 Å². The Morgan fingerprint density at radius 1 is 1.11 bits per heavy atom. The monoisotopic (exact) mass is 498 g/mol. The summed E-state index contributed by atoms with van der Waals surface area (Å²) in [6.07, 6.45) is 2.36. The highest BCUT2D eigenvalue weighted by molar-refractivity contribution is 14.0. The summed E-state index contributed by atoms with van der Waals surface area (Å²) in [5.74, 6) is 1.02. The molecule has 2 heterocycles. The van der Waals surface area contributed by atoms with Crippen molar-refractivity contribution in [1.29, 1.82) is 0 Å². The highest BCUT2D eigenvalue weighted by Crippen LogP contribution is 2.22. The molecule has 0 saturated carbocycles. The molecule has 27 heavy (non-hydrogen) atoms. The zero-order valence-corrected chi connectivity index (χ0v) is 18.8. The number of guanidine groups is 1. The fourth-order valence-electron chi connectivity index (χ4n) is 3.09. The molecule has 0 spiro atoms. The van der Waals surface area contributed by atoms with Gasteiger partial charge in [-0.15, -0.1) is 35.3 Å². The Labute approximate surface area is 182 Å². The number of benzene rings is 1.